The fourth-order valence-corrected chi connectivity index (χ4v) is 2.42. The maximum absolute atomic E-state index is 12.4. The van der Waals surface area contributed by atoms with Crippen LogP contribution in [0.3, 0.4) is 0 Å². The molecule has 8 heteroatoms. The van der Waals surface area contributed by atoms with Crippen LogP contribution in [0.15, 0.2) is 4.52 Å². The molecule has 1 N–H and O–H groups in total. The van der Waals surface area contributed by atoms with Gasteiger partial charge in [-0.05, 0) is 12.8 Å². The number of nitrogens with one attached hydrogen (secondary N) is 1. The van der Waals surface area contributed by atoms with E-state index in [0.717, 1.165) is 13.0 Å². The van der Waals surface area contributed by atoms with E-state index in [9.17, 15) is 4.79 Å². The molecular weight excluding hydrogens is 320 g/mol. The predicted octanol–water partition coefficient (Wildman–Crippen LogP) is 1.42. The number of hydrogen-bond donors (Lipinski definition) is 1. The van der Waals surface area contributed by atoms with Gasteiger partial charge in [-0.2, -0.15) is 4.98 Å². The topological polar surface area (TPSA) is 80.5 Å². The third kappa shape index (κ3) is 6.45. The molecule has 1 saturated heterocycles. The molecule has 1 atom stereocenters. The van der Waals surface area contributed by atoms with Crippen molar-refractivity contribution in [2.75, 3.05) is 26.3 Å². The van der Waals surface area contributed by atoms with Crippen molar-refractivity contribution in [2.24, 2.45) is 5.92 Å². The number of ether oxygens (including phenoxy) is 1. The smallest absolute Gasteiger partial charge is 0.226 e. The van der Waals surface area contributed by atoms with Crippen molar-refractivity contribution in [1.29, 1.82) is 0 Å². The van der Waals surface area contributed by atoms with Crippen molar-refractivity contribution >= 4 is 18.3 Å². The Bertz CT molecular complexity index is 475. The average Bonchev–Trinajstić information content (AvgIpc) is 2.92. The van der Waals surface area contributed by atoms with Crippen LogP contribution < -0.4 is 5.32 Å². The first-order chi connectivity index (χ1) is 10.6. The van der Waals surface area contributed by atoms with Crippen LogP contribution in [0.1, 0.15) is 38.9 Å². The number of carbonyl (C=O) groups excluding carboxylic acids is 1. The second kappa shape index (κ2) is 9.85. The summed E-state index contributed by atoms with van der Waals surface area (Å²) in [6.45, 7) is 9.28. The van der Waals surface area contributed by atoms with Gasteiger partial charge in [0.1, 0.15) is 0 Å². The first kappa shape index (κ1) is 19.9. The van der Waals surface area contributed by atoms with E-state index >= 15 is 0 Å². The molecule has 0 spiro atoms. The van der Waals surface area contributed by atoms with Gasteiger partial charge in [0, 0.05) is 32.0 Å². The minimum Gasteiger partial charge on any atom is -0.378 e. The summed E-state index contributed by atoms with van der Waals surface area (Å²) >= 11 is 0. The average molecular weight is 347 g/mol. The van der Waals surface area contributed by atoms with Gasteiger partial charge in [0.15, 0.2) is 5.82 Å². The van der Waals surface area contributed by atoms with Crippen molar-refractivity contribution in [3.05, 3.63) is 11.7 Å². The molecule has 2 rings (SSSR count). The van der Waals surface area contributed by atoms with Crippen LogP contribution in [0.2, 0.25) is 0 Å². The van der Waals surface area contributed by atoms with E-state index in [1.165, 1.54) is 0 Å². The summed E-state index contributed by atoms with van der Waals surface area (Å²) in [5, 5.41) is 7.26. The zero-order valence-corrected chi connectivity index (χ0v) is 14.9. The standard InChI is InChI=1S/C15H26N4O3.ClH/c1-4-19(15(20)8-12-10-21-6-5-16-12)9-13-17-14(22-18-13)7-11(2)3;/h11-12,16H,4-10H2,1-3H3;1H. The van der Waals surface area contributed by atoms with Crippen molar-refractivity contribution in [3.8, 4) is 0 Å². The van der Waals surface area contributed by atoms with Crippen molar-refractivity contribution in [3.63, 3.8) is 0 Å². The van der Waals surface area contributed by atoms with Gasteiger partial charge in [0.25, 0.3) is 0 Å². The molecule has 0 aromatic carbocycles. The highest BCUT2D eigenvalue weighted by Crippen LogP contribution is 2.09. The Morgan fingerprint density at radius 1 is 1.48 bits per heavy atom. The quantitative estimate of drug-likeness (QED) is 0.804. The molecule has 0 bridgehead atoms. The maximum Gasteiger partial charge on any atom is 0.226 e. The number of morpholine rings is 1. The number of halogens is 1. The molecule has 1 aromatic rings. The molecular formula is C15H27ClN4O3. The number of aromatic nitrogens is 2. The number of carbonyl (C=O) groups is 1. The monoisotopic (exact) mass is 346 g/mol. The Hall–Kier alpha value is -1.18. The first-order valence-corrected chi connectivity index (χ1v) is 7.98. The maximum atomic E-state index is 12.4. The van der Waals surface area contributed by atoms with Crippen LogP contribution in [0.25, 0.3) is 0 Å². The molecule has 1 fully saturated rings. The minimum absolute atomic E-state index is 0. The zero-order chi connectivity index (χ0) is 15.9. The third-order valence-electron chi connectivity index (χ3n) is 3.58. The molecule has 1 aromatic heterocycles. The molecule has 1 amide bonds. The Labute approximate surface area is 143 Å². The summed E-state index contributed by atoms with van der Waals surface area (Å²) in [5.74, 6) is 1.75. The van der Waals surface area contributed by atoms with Gasteiger partial charge in [-0.15, -0.1) is 12.4 Å². The lowest BCUT2D eigenvalue weighted by atomic mass is 10.1. The molecule has 0 saturated carbocycles. The van der Waals surface area contributed by atoms with Crippen LogP contribution in [0.4, 0.5) is 0 Å². The van der Waals surface area contributed by atoms with Gasteiger partial charge in [-0.1, -0.05) is 19.0 Å². The second-order valence-corrected chi connectivity index (χ2v) is 6.04. The summed E-state index contributed by atoms with van der Waals surface area (Å²) in [5.41, 5.74) is 0. The molecule has 0 radical (unpaired) electrons. The van der Waals surface area contributed by atoms with Crippen molar-refractivity contribution in [1.82, 2.24) is 20.4 Å². The Balaban J connectivity index is 0.00000264. The van der Waals surface area contributed by atoms with Crippen LogP contribution >= 0.6 is 12.4 Å². The van der Waals surface area contributed by atoms with Gasteiger partial charge in [0.2, 0.25) is 11.8 Å². The SMILES string of the molecule is CCN(Cc1noc(CC(C)C)n1)C(=O)CC1COCCN1.Cl. The molecule has 1 aliphatic heterocycles. The van der Waals surface area contributed by atoms with E-state index in [1.807, 2.05) is 6.92 Å². The lowest BCUT2D eigenvalue weighted by molar-refractivity contribution is -0.133. The summed E-state index contributed by atoms with van der Waals surface area (Å²) in [4.78, 5) is 18.5. The molecule has 23 heavy (non-hydrogen) atoms. The predicted molar refractivity (Wildman–Crippen MR) is 88.4 cm³/mol. The Kier molecular flexibility index (Phi) is 8.51. The third-order valence-corrected chi connectivity index (χ3v) is 3.58. The summed E-state index contributed by atoms with van der Waals surface area (Å²) in [7, 11) is 0. The highest BCUT2D eigenvalue weighted by atomic mass is 35.5. The highest BCUT2D eigenvalue weighted by molar-refractivity contribution is 5.85. The normalized spacial score (nSPS) is 17.8. The van der Waals surface area contributed by atoms with E-state index in [2.05, 4.69) is 29.3 Å². The molecule has 7 nitrogen and oxygen atoms in total. The largest absolute Gasteiger partial charge is 0.378 e. The zero-order valence-electron chi connectivity index (χ0n) is 14.1. The number of rotatable bonds is 7. The molecule has 1 aliphatic rings. The van der Waals surface area contributed by atoms with Gasteiger partial charge < -0.3 is 19.5 Å². The second-order valence-electron chi connectivity index (χ2n) is 6.04. The van der Waals surface area contributed by atoms with Crippen LogP contribution in [-0.4, -0.2) is 53.3 Å². The minimum atomic E-state index is 0. The Morgan fingerprint density at radius 3 is 2.87 bits per heavy atom. The lowest BCUT2D eigenvalue weighted by Gasteiger charge is -2.26. The highest BCUT2D eigenvalue weighted by Gasteiger charge is 2.21. The van der Waals surface area contributed by atoms with Crippen LogP contribution in [-0.2, 0) is 22.5 Å². The van der Waals surface area contributed by atoms with Crippen molar-refractivity contribution < 1.29 is 14.1 Å². The van der Waals surface area contributed by atoms with Gasteiger partial charge in [-0.25, -0.2) is 0 Å². The van der Waals surface area contributed by atoms with E-state index in [4.69, 9.17) is 9.26 Å². The molecule has 1 unspecified atom stereocenters. The van der Waals surface area contributed by atoms with Crippen LogP contribution in [0, 0.1) is 5.92 Å². The fraction of sp³-hybridized carbons (Fsp3) is 0.800. The molecule has 0 aliphatic carbocycles. The van der Waals surface area contributed by atoms with E-state index in [0.29, 0.717) is 50.4 Å². The van der Waals surface area contributed by atoms with Gasteiger partial charge >= 0.3 is 0 Å². The first-order valence-electron chi connectivity index (χ1n) is 7.98. The number of hydrogen-bond acceptors (Lipinski definition) is 6. The van der Waals surface area contributed by atoms with Gasteiger partial charge in [-0.3, -0.25) is 4.79 Å². The fourth-order valence-electron chi connectivity index (χ4n) is 2.42. The Morgan fingerprint density at radius 2 is 2.26 bits per heavy atom. The van der Waals surface area contributed by atoms with E-state index in [-0.39, 0.29) is 24.4 Å². The lowest BCUT2D eigenvalue weighted by Crippen LogP contribution is -2.45. The van der Waals surface area contributed by atoms with E-state index in [1.54, 1.807) is 4.90 Å². The van der Waals surface area contributed by atoms with Crippen molar-refractivity contribution in [2.45, 2.75) is 46.2 Å². The number of nitrogens with zero attached hydrogens (tertiary/aromatic N) is 3. The van der Waals surface area contributed by atoms with Gasteiger partial charge in [0.05, 0.1) is 19.8 Å². The number of amides is 1. The summed E-state index contributed by atoms with van der Waals surface area (Å²) in [6, 6.07) is 0.0945. The summed E-state index contributed by atoms with van der Waals surface area (Å²) in [6.07, 6.45) is 1.20. The van der Waals surface area contributed by atoms with E-state index < -0.39 is 0 Å². The molecule has 132 valence electrons. The molecule has 2 heterocycles. The summed E-state index contributed by atoms with van der Waals surface area (Å²) < 4.78 is 10.6. The van der Waals surface area contributed by atoms with Crippen LogP contribution in [0.5, 0.6) is 0 Å².